The summed E-state index contributed by atoms with van der Waals surface area (Å²) in [5.74, 6) is -1.31. The number of allylic oxidation sites excluding steroid dienone is 4. The first-order valence-electron chi connectivity index (χ1n) is 11.2. The van der Waals surface area contributed by atoms with Crippen LogP contribution in [-0.2, 0) is 6.42 Å². The second kappa shape index (κ2) is 9.60. The molecule has 0 aromatic heterocycles. The summed E-state index contributed by atoms with van der Waals surface area (Å²) in [6, 6.07) is 15.7. The van der Waals surface area contributed by atoms with Gasteiger partial charge >= 0.3 is 0 Å². The van der Waals surface area contributed by atoms with Gasteiger partial charge in [0, 0.05) is 11.1 Å². The van der Waals surface area contributed by atoms with Crippen molar-refractivity contribution in [3.8, 4) is 22.3 Å². The third-order valence-corrected chi connectivity index (χ3v) is 6.30. The Morgan fingerprint density at radius 1 is 0.844 bits per heavy atom. The molecule has 0 saturated heterocycles. The summed E-state index contributed by atoms with van der Waals surface area (Å²) in [5, 5.41) is 0. The molecule has 164 valence electrons. The molecule has 0 radical (unpaired) electrons. The maximum Gasteiger partial charge on any atom is 0.166 e. The second-order valence-corrected chi connectivity index (χ2v) is 8.32. The molecule has 3 aromatic rings. The fourth-order valence-corrected chi connectivity index (χ4v) is 4.43. The lowest BCUT2D eigenvalue weighted by Crippen LogP contribution is -2.03. The molecule has 0 nitrogen and oxygen atoms in total. The highest BCUT2D eigenvalue weighted by molar-refractivity contribution is 5.74. The van der Waals surface area contributed by atoms with Crippen molar-refractivity contribution in [1.82, 2.24) is 0 Å². The van der Waals surface area contributed by atoms with Gasteiger partial charge in [-0.25, -0.2) is 13.2 Å². The number of aryl methyl sites for hydroxylation is 1. The van der Waals surface area contributed by atoms with Crippen molar-refractivity contribution in [1.29, 1.82) is 0 Å². The molecule has 0 fully saturated rings. The van der Waals surface area contributed by atoms with Crippen molar-refractivity contribution in [3.63, 3.8) is 0 Å². The smallest absolute Gasteiger partial charge is 0.166 e. The van der Waals surface area contributed by atoms with Gasteiger partial charge in [-0.15, -0.1) is 0 Å². The van der Waals surface area contributed by atoms with E-state index in [-0.39, 0.29) is 11.4 Å². The molecule has 1 atom stereocenters. The first-order chi connectivity index (χ1) is 15.5. The van der Waals surface area contributed by atoms with E-state index in [0.29, 0.717) is 29.0 Å². The van der Waals surface area contributed by atoms with E-state index in [2.05, 4.69) is 18.2 Å². The zero-order chi connectivity index (χ0) is 22.7. The molecule has 1 unspecified atom stereocenters. The number of benzene rings is 3. The molecule has 3 heteroatoms. The summed E-state index contributed by atoms with van der Waals surface area (Å²) in [6.45, 7) is 3.82. The van der Waals surface area contributed by atoms with Crippen LogP contribution in [0.1, 0.15) is 44.2 Å². The zero-order valence-corrected chi connectivity index (χ0v) is 18.5. The van der Waals surface area contributed by atoms with E-state index in [1.54, 1.807) is 37.3 Å². The number of hydrogen-bond donors (Lipinski definition) is 0. The van der Waals surface area contributed by atoms with Gasteiger partial charge in [0.15, 0.2) is 11.6 Å². The molecule has 0 bridgehead atoms. The average Bonchev–Trinajstić information content (AvgIpc) is 2.82. The van der Waals surface area contributed by atoms with Crippen molar-refractivity contribution >= 4 is 5.57 Å². The third-order valence-electron chi connectivity index (χ3n) is 6.30. The van der Waals surface area contributed by atoms with Crippen LogP contribution in [0, 0.1) is 23.4 Å². The highest BCUT2D eigenvalue weighted by Crippen LogP contribution is 2.34. The lowest BCUT2D eigenvalue weighted by molar-refractivity contribution is 0.502. The first kappa shape index (κ1) is 22.1. The second-order valence-electron chi connectivity index (χ2n) is 8.32. The van der Waals surface area contributed by atoms with Gasteiger partial charge in [0.25, 0.3) is 0 Å². The minimum absolute atomic E-state index is 0.230. The molecule has 0 N–H and O–H groups in total. The Bertz CT molecular complexity index is 1170. The molecule has 3 aromatic carbocycles. The third kappa shape index (κ3) is 4.43. The fourth-order valence-electron chi connectivity index (χ4n) is 4.43. The summed E-state index contributed by atoms with van der Waals surface area (Å²) in [6.07, 6.45) is 9.74. The van der Waals surface area contributed by atoms with Gasteiger partial charge in [-0.05, 0) is 72.4 Å². The Morgan fingerprint density at radius 3 is 2.16 bits per heavy atom. The van der Waals surface area contributed by atoms with E-state index in [1.165, 1.54) is 0 Å². The van der Waals surface area contributed by atoms with Crippen LogP contribution in [0.3, 0.4) is 0 Å². The zero-order valence-electron chi connectivity index (χ0n) is 18.5. The Morgan fingerprint density at radius 2 is 1.53 bits per heavy atom. The molecular weight excluding hydrogens is 405 g/mol. The number of hydrogen-bond acceptors (Lipinski definition) is 0. The molecule has 32 heavy (non-hydrogen) atoms. The molecular formula is C29H27F3. The van der Waals surface area contributed by atoms with E-state index < -0.39 is 11.6 Å². The Hall–Kier alpha value is -3.07. The quantitative estimate of drug-likeness (QED) is 0.354. The number of rotatable bonds is 5. The summed E-state index contributed by atoms with van der Waals surface area (Å²) in [7, 11) is 0. The van der Waals surface area contributed by atoms with Crippen LogP contribution in [0.4, 0.5) is 13.2 Å². The summed E-state index contributed by atoms with van der Waals surface area (Å²) in [5.41, 5.74) is 4.51. The number of halogens is 3. The summed E-state index contributed by atoms with van der Waals surface area (Å²) < 4.78 is 43.6. The Kier molecular flexibility index (Phi) is 6.64. The molecule has 0 saturated carbocycles. The molecule has 1 aliphatic carbocycles. The van der Waals surface area contributed by atoms with Gasteiger partial charge < -0.3 is 0 Å². The maximum absolute atomic E-state index is 14.9. The minimum atomic E-state index is -0.829. The van der Waals surface area contributed by atoms with Gasteiger partial charge in [-0.3, -0.25) is 0 Å². The molecule has 1 aliphatic rings. The van der Waals surface area contributed by atoms with E-state index in [0.717, 1.165) is 36.0 Å². The topological polar surface area (TPSA) is 0 Å². The van der Waals surface area contributed by atoms with Crippen molar-refractivity contribution in [2.24, 2.45) is 5.92 Å². The lowest BCUT2D eigenvalue weighted by atomic mass is 9.86. The van der Waals surface area contributed by atoms with Crippen LogP contribution >= 0.6 is 0 Å². The summed E-state index contributed by atoms with van der Waals surface area (Å²) >= 11 is 0. The van der Waals surface area contributed by atoms with Crippen LogP contribution in [0.25, 0.3) is 27.8 Å². The van der Waals surface area contributed by atoms with Gasteiger partial charge in [0.1, 0.15) is 5.82 Å². The van der Waals surface area contributed by atoms with Gasteiger partial charge in [-0.2, -0.15) is 0 Å². The van der Waals surface area contributed by atoms with Crippen molar-refractivity contribution in [2.75, 3.05) is 0 Å². The first-order valence-corrected chi connectivity index (χ1v) is 11.2. The van der Waals surface area contributed by atoms with Crippen molar-refractivity contribution in [3.05, 3.63) is 101 Å². The van der Waals surface area contributed by atoms with Crippen LogP contribution in [0.15, 0.2) is 72.8 Å². The van der Waals surface area contributed by atoms with E-state index in [1.807, 2.05) is 31.2 Å². The van der Waals surface area contributed by atoms with Gasteiger partial charge in [-0.1, -0.05) is 73.7 Å². The van der Waals surface area contributed by atoms with Crippen LogP contribution in [0.2, 0.25) is 0 Å². The molecule has 0 heterocycles. The van der Waals surface area contributed by atoms with Crippen LogP contribution in [0.5, 0.6) is 0 Å². The molecule has 0 amide bonds. The van der Waals surface area contributed by atoms with E-state index in [4.69, 9.17) is 0 Å². The Balaban J connectivity index is 1.57. The van der Waals surface area contributed by atoms with Crippen molar-refractivity contribution < 1.29 is 13.2 Å². The van der Waals surface area contributed by atoms with Crippen LogP contribution in [-0.4, -0.2) is 0 Å². The summed E-state index contributed by atoms with van der Waals surface area (Å²) in [4.78, 5) is 0. The highest BCUT2D eigenvalue weighted by Gasteiger charge is 2.17. The standard InChI is InChI=1S/C29H27F3/c1-3-5-19-6-8-22(9-7-19)25-16-15-24(18-27(25)30)21-10-12-23(13-11-21)26-17-14-20(4-2)28(31)29(26)32/h3,5,8,10-19H,4,6-7,9H2,1-2H3. The van der Waals surface area contributed by atoms with Gasteiger partial charge in [0.05, 0.1) is 0 Å². The Labute approximate surface area is 188 Å². The maximum atomic E-state index is 14.9. The largest absolute Gasteiger partial charge is 0.206 e. The van der Waals surface area contributed by atoms with Crippen LogP contribution < -0.4 is 0 Å². The SMILES string of the molecule is CC=CC1CC=C(c2ccc(-c3ccc(-c4ccc(CC)c(F)c4F)cc3)cc2F)CC1. The average molecular weight is 433 g/mol. The van der Waals surface area contributed by atoms with Crippen molar-refractivity contribution in [2.45, 2.75) is 39.5 Å². The predicted molar refractivity (Wildman–Crippen MR) is 127 cm³/mol. The molecule has 0 spiro atoms. The van der Waals surface area contributed by atoms with E-state index in [9.17, 15) is 13.2 Å². The lowest BCUT2D eigenvalue weighted by Gasteiger charge is -2.20. The monoisotopic (exact) mass is 432 g/mol. The minimum Gasteiger partial charge on any atom is -0.206 e. The predicted octanol–water partition coefficient (Wildman–Crippen LogP) is 8.76. The highest BCUT2D eigenvalue weighted by atomic mass is 19.2. The van der Waals surface area contributed by atoms with E-state index >= 15 is 0 Å². The molecule has 4 rings (SSSR count). The normalized spacial score (nSPS) is 16.4. The van der Waals surface area contributed by atoms with Gasteiger partial charge in [0.2, 0.25) is 0 Å². The molecule has 0 aliphatic heterocycles. The fraction of sp³-hybridized carbons (Fsp3) is 0.241.